The lowest BCUT2D eigenvalue weighted by atomic mass is 9.79. The Hall–Kier alpha value is -1.88. The zero-order valence-electron chi connectivity index (χ0n) is 18.3. The number of nitrogens with zero attached hydrogens (tertiary/aromatic N) is 2. The molecule has 1 saturated heterocycles. The Labute approximate surface area is 181 Å². The van der Waals surface area contributed by atoms with Crippen molar-refractivity contribution in [1.29, 1.82) is 0 Å². The van der Waals surface area contributed by atoms with E-state index < -0.39 is 5.60 Å². The Kier molecular flexibility index (Phi) is 7.08. The van der Waals surface area contributed by atoms with E-state index in [2.05, 4.69) is 53.2 Å². The Morgan fingerprint density at radius 3 is 2.23 bits per heavy atom. The summed E-state index contributed by atoms with van der Waals surface area (Å²) in [5.74, 6) is 0.899. The van der Waals surface area contributed by atoms with E-state index in [0.29, 0.717) is 6.61 Å². The molecule has 4 heteroatoms. The smallest absolute Gasteiger partial charge is 0.119 e. The number of ether oxygens (including phenoxy) is 1. The van der Waals surface area contributed by atoms with E-state index in [1.54, 1.807) is 0 Å². The SMILES string of the molecule is CN1CCN(C(CC2(O)CCCCC2)c2ccc(OCc3ccccc3)cc2)CC1. The topological polar surface area (TPSA) is 35.9 Å². The molecule has 1 atom stereocenters. The highest BCUT2D eigenvalue weighted by atomic mass is 16.5. The molecule has 0 amide bonds. The van der Waals surface area contributed by atoms with Crippen molar-refractivity contribution in [3.63, 3.8) is 0 Å². The molecule has 1 aliphatic heterocycles. The van der Waals surface area contributed by atoms with E-state index in [0.717, 1.165) is 64.0 Å². The summed E-state index contributed by atoms with van der Waals surface area (Å²) in [4.78, 5) is 4.97. The van der Waals surface area contributed by atoms with E-state index in [4.69, 9.17) is 4.74 Å². The van der Waals surface area contributed by atoms with Gasteiger partial charge in [-0.05, 0) is 49.6 Å². The minimum absolute atomic E-state index is 0.268. The highest BCUT2D eigenvalue weighted by Crippen LogP contribution is 2.38. The lowest BCUT2D eigenvalue weighted by Gasteiger charge is -2.42. The van der Waals surface area contributed by atoms with Crippen LogP contribution in [0.25, 0.3) is 0 Å². The van der Waals surface area contributed by atoms with Crippen molar-refractivity contribution in [2.45, 2.75) is 56.8 Å². The van der Waals surface area contributed by atoms with E-state index >= 15 is 0 Å². The van der Waals surface area contributed by atoms with Gasteiger partial charge in [-0.3, -0.25) is 4.90 Å². The van der Waals surface area contributed by atoms with Gasteiger partial charge in [0.15, 0.2) is 0 Å². The van der Waals surface area contributed by atoms with Crippen LogP contribution in [0.3, 0.4) is 0 Å². The van der Waals surface area contributed by atoms with Gasteiger partial charge >= 0.3 is 0 Å². The number of hydrogen-bond donors (Lipinski definition) is 1. The number of rotatable bonds is 7. The highest BCUT2D eigenvalue weighted by molar-refractivity contribution is 5.30. The van der Waals surface area contributed by atoms with Crippen molar-refractivity contribution in [2.24, 2.45) is 0 Å². The number of aliphatic hydroxyl groups is 1. The second-order valence-electron chi connectivity index (χ2n) is 9.19. The monoisotopic (exact) mass is 408 g/mol. The standard InChI is InChI=1S/C26H36N2O2/c1-27-16-18-28(19-17-27)25(20-26(29)14-6-3-7-15-26)23-10-12-24(13-11-23)30-21-22-8-4-2-5-9-22/h2,4-5,8-13,25,29H,3,6-7,14-21H2,1H3. The number of hydrogen-bond acceptors (Lipinski definition) is 4. The maximum atomic E-state index is 11.3. The van der Waals surface area contributed by atoms with Crippen LogP contribution in [0.2, 0.25) is 0 Å². The fraction of sp³-hybridized carbons (Fsp3) is 0.538. The lowest BCUT2D eigenvalue weighted by Crippen LogP contribution is -2.48. The lowest BCUT2D eigenvalue weighted by molar-refractivity contribution is -0.0332. The third-order valence-electron chi connectivity index (χ3n) is 6.85. The molecule has 2 aromatic rings. The fourth-order valence-corrected chi connectivity index (χ4v) is 4.89. The maximum absolute atomic E-state index is 11.3. The third kappa shape index (κ3) is 5.63. The van der Waals surface area contributed by atoms with E-state index in [-0.39, 0.29) is 6.04 Å². The number of likely N-dealkylation sites (N-methyl/N-ethyl adjacent to an activating group) is 1. The quantitative estimate of drug-likeness (QED) is 0.724. The average Bonchev–Trinajstić information content (AvgIpc) is 2.78. The molecule has 0 bridgehead atoms. The zero-order valence-corrected chi connectivity index (χ0v) is 18.3. The fourth-order valence-electron chi connectivity index (χ4n) is 4.89. The minimum atomic E-state index is -0.519. The molecule has 2 aromatic carbocycles. The summed E-state index contributed by atoms with van der Waals surface area (Å²) in [6.07, 6.45) is 6.28. The van der Waals surface area contributed by atoms with Crippen LogP contribution in [0.4, 0.5) is 0 Å². The molecule has 0 spiro atoms. The molecule has 2 aliphatic rings. The Morgan fingerprint density at radius 1 is 0.900 bits per heavy atom. The van der Waals surface area contributed by atoms with Gasteiger partial charge in [0.05, 0.1) is 5.60 Å². The molecule has 1 saturated carbocycles. The van der Waals surface area contributed by atoms with Crippen LogP contribution in [-0.4, -0.2) is 53.7 Å². The molecular weight excluding hydrogens is 372 g/mol. The molecule has 0 aromatic heterocycles. The molecule has 30 heavy (non-hydrogen) atoms. The Bertz CT molecular complexity index is 763. The summed E-state index contributed by atoms with van der Waals surface area (Å²) in [7, 11) is 2.19. The molecule has 1 aliphatic carbocycles. The van der Waals surface area contributed by atoms with Gasteiger partial charge in [0.2, 0.25) is 0 Å². The van der Waals surface area contributed by atoms with Crippen LogP contribution in [0.15, 0.2) is 54.6 Å². The van der Waals surface area contributed by atoms with Crippen LogP contribution in [-0.2, 0) is 6.61 Å². The first-order valence-corrected chi connectivity index (χ1v) is 11.5. The van der Waals surface area contributed by atoms with Crippen molar-refractivity contribution in [3.8, 4) is 5.75 Å². The summed E-state index contributed by atoms with van der Waals surface area (Å²) in [5, 5.41) is 11.3. The second-order valence-corrected chi connectivity index (χ2v) is 9.19. The number of piperazine rings is 1. The first-order chi connectivity index (χ1) is 14.6. The van der Waals surface area contributed by atoms with E-state index in [9.17, 15) is 5.11 Å². The first kappa shape index (κ1) is 21.4. The van der Waals surface area contributed by atoms with Gasteiger partial charge in [-0.1, -0.05) is 61.7 Å². The van der Waals surface area contributed by atoms with Crippen molar-refractivity contribution in [2.75, 3.05) is 33.2 Å². The maximum Gasteiger partial charge on any atom is 0.119 e. The molecular formula is C26H36N2O2. The normalized spacial score (nSPS) is 21.3. The summed E-state index contributed by atoms with van der Waals surface area (Å²) in [6.45, 7) is 4.88. The predicted octanol–water partition coefficient (Wildman–Crippen LogP) is 4.64. The van der Waals surface area contributed by atoms with E-state index in [1.807, 2.05) is 18.2 Å². The molecule has 0 radical (unpaired) electrons. The van der Waals surface area contributed by atoms with Crippen LogP contribution in [0.5, 0.6) is 5.75 Å². The van der Waals surface area contributed by atoms with Crippen LogP contribution < -0.4 is 4.74 Å². The van der Waals surface area contributed by atoms with Gasteiger partial charge in [0, 0.05) is 32.2 Å². The summed E-state index contributed by atoms with van der Waals surface area (Å²) >= 11 is 0. The highest BCUT2D eigenvalue weighted by Gasteiger charge is 2.35. The minimum Gasteiger partial charge on any atom is -0.489 e. The van der Waals surface area contributed by atoms with Crippen molar-refractivity contribution in [3.05, 3.63) is 65.7 Å². The predicted molar refractivity (Wildman–Crippen MR) is 122 cm³/mol. The third-order valence-corrected chi connectivity index (χ3v) is 6.85. The Morgan fingerprint density at radius 2 is 1.57 bits per heavy atom. The summed E-state index contributed by atoms with van der Waals surface area (Å²) in [5.41, 5.74) is 1.95. The molecule has 2 fully saturated rings. The number of benzene rings is 2. The van der Waals surface area contributed by atoms with Gasteiger partial charge in [-0.2, -0.15) is 0 Å². The molecule has 4 nitrogen and oxygen atoms in total. The first-order valence-electron chi connectivity index (χ1n) is 11.5. The van der Waals surface area contributed by atoms with Crippen molar-refractivity contribution >= 4 is 0 Å². The summed E-state index contributed by atoms with van der Waals surface area (Å²) < 4.78 is 5.99. The Balaban J connectivity index is 1.46. The second kappa shape index (κ2) is 9.95. The van der Waals surface area contributed by atoms with Gasteiger partial charge in [-0.15, -0.1) is 0 Å². The van der Waals surface area contributed by atoms with Crippen LogP contribution >= 0.6 is 0 Å². The van der Waals surface area contributed by atoms with Crippen molar-refractivity contribution < 1.29 is 9.84 Å². The zero-order chi connectivity index (χ0) is 20.8. The van der Waals surface area contributed by atoms with Gasteiger partial charge < -0.3 is 14.7 Å². The molecule has 1 heterocycles. The molecule has 162 valence electrons. The van der Waals surface area contributed by atoms with Crippen molar-refractivity contribution in [1.82, 2.24) is 9.80 Å². The average molecular weight is 409 g/mol. The largest absolute Gasteiger partial charge is 0.489 e. The van der Waals surface area contributed by atoms with E-state index in [1.165, 1.54) is 17.5 Å². The van der Waals surface area contributed by atoms with Crippen LogP contribution in [0.1, 0.15) is 55.7 Å². The van der Waals surface area contributed by atoms with Gasteiger partial charge in [0.25, 0.3) is 0 Å². The molecule has 1 N–H and O–H groups in total. The molecule has 4 rings (SSSR count). The van der Waals surface area contributed by atoms with Gasteiger partial charge in [0.1, 0.15) is 12.4 Å². The summed E-state index contributed by atoms with van der Waals surface area (Å²) in [6, 6.07) is 19.1. The van der Waals surface area contributed by atoms with Gasteiger partial charge in [-0.25, -0.2) is 0 Å². The molecule has 1 unspecified atom stereocenters. The van der Waals surface area contributed by atoms with Crippen LogP contribution in [0, 0.1) is 0 Å².